The molecule has 0 spiro atoms. The van der Waals surface area contributed by atoms with Gasteiger partial charge in [-0.15, -0.1) is 0 Å². The van der Waals surface area contributed by atoms with Gasteiger partial charge in [-0.25, -0.2) is 21.2 Å². The minimum Gasteiger partial charge on any atom is -0.495 e. The molecule has 2 saturated heterocycles. The molecule has 4 rings (SSSR count). The van der Waals surface area contributed by atoms with E-state index < -0.39 is 36.7 Å². The van der Waals surface area contributed by atoms with Crippen LogP contribution in [0.2, 0.25) is 0 Å². The van der Waals surface area contributed by atoms with Crippen LogP contribution in [0.4, 0.5) is 10.1 Å². The second-order valence-corrected chi connectivity index (χ2v) is 12.6. The zero-order valence-electron chi connectivity index (χ0n) is 18.1. The van der Waals surface area contributed by atoms with Crippen molar-refractivity contribution < 1.29 is 26.0 Å². The van der Waals surface area contributed by atoms with Crippen molar-refractivity contribution in [2.45, 2.75) is 23.1 Å². The summed E-state index contributed by atoms with van der Waals surface area (Å²) in [5, 5.41) is -1.08. The summed E-state index contributed by atoms with van der Waals surface area (Å²) in [6.07, 6.45) is 0. The van der Waals surface area contributed by atoms with Crippen LogP contribution >= 0.6 is 0 Å². The van der Waals surface area contributed by atoms with Gasteiger partial charge in [0.1, 0.15) is 16.5 Å². The minimum absolute atomic E-state index is 0.0251. The van der Waals surface area contributed by atoms with Crippen LogP contribution in [0.25, 0.3) is 0 Å². The molecular formula is C22H27FN2O5S2. The Morgan fingerprint density at radius 3 is 2.38 bits per heavy atom. The van der Waals surface area contributed by atoms with E-state index in [0.717, 1.165) is 5.56 Å². The fourth-order valence-corrected chi connectivity index (χ4v) is 9.68. The lowest BCUT2D eigenvalue weighted by atomic mass is 10.1. The van der Waals surface area contributed by atoms with E-state index in [1.165, 1.54) is 19.2 Å². The smallest absolute Gasteiger partial charge is 0.187 e. The number of hydrogen-bond donors (Lipinski definition) is 0. The quantitative estimate of drug-likeness (QED) is 0.644. The lowest BCUT2D eigenvalue weighted by Gasteiger charge is -2.40. The van der Waals surface area contributed by atoms with E-state index >= 15 is 0 Å². The molecule has 2 atom stereocenters. The van der Waals surface area contributed by atoms with Crippen LogP contribution in [-0.2, 0) is 19.7 Å². The second-order valence-electron chi connectivity index (χ2n) is 8.36. The molecule has 2 aromatic rings. The summed E-state index contributed by atoms with van der Waals surface area (Å²) in [6.45, 7) is 3.65. The summed E-state index contributed by atoms with van der Waals surface area (Å²) in [7, 11) is -6.09. The Hall–Kier alpha value is -2.17. The Morgan fingerprint density at radius 2 is 1.72 bits per heavy atom. The van der Waals surface area contributed by atoms with Crippen LogP contribution < -0.4 is 9.64 Å². The van der Waals surface area contributed by atoms with E-state index in [4.69, 9.17) is 4.74 Å². The molecule has 7 nitrogen and oxygen atoms in total. The summed E-state index contributed by atoms with van der Waals surface area (Å²) in [5.74, 6) is -0.713. The van der Waals surface area contributed by atoms with E-state index in [0.29, 0.717) is 31.9 Å². The largest absolute Gasteiger partial charge is 0.495 e. The molecule has 0 aromatic heterocycles. The molecule has 2 aromatic carbocycles. The SMILES string of the molecule is COc1ccc(C)cc1S(=O)(=O)[C@H]1CS(=O)(=O)C[C@@H]1N1CCN(c2ccccc2F)CC1. The Kier molecular flexibility index (Phi) is 6.21. The van der Waals surface area contributed by atoms with E-state index in [1.54, 1.807) is 37.3 Å². The minimum atomic E-state index is -3.97. The number of anilines is 1. The normalized spacial score (nSPS) is 23.9. The summed E-state index contributed by atoms with van der Waals surface area (Å²) < 4.78 is 71.7. The number of hydrogen-bond acceptors (Lipinski definition) is 7. The average molecular weight is 483 g/mol. The maximum atomic E-state index is 14.2. The van der Waals surface area contributed by atoms with Gasteiger partial charge >= 0.3 is 0 Å². The molecule has 32 heavy (non-hydrogen) atoms. The van der Waals surface area contributed by atoms with Crippen molar-refractivity contribution in [1.29, 1.82) is 0 Å². The van der Waals surface area contributed by atoms with Crippen LogP contribution in [0.15, 0.2) is 47.4 Å². The summed E-state index contributed by atoms with van der Waals surface area (Å²) in [4.78, 5) is 3.85. The van der Waals surface area contributed by atoms with Crippen LogP contribution in [0.1, 0.15) is 5.56 Å². The summed E-state index contributed by atoms with van der Waals surface area (Å²) in [6, 6.07) is 10.7. The molecule has 0 radical (unpaired) electrons. The van der Waals surface area contributed by atoms with Gasteiger partial charge in [0.2, 0.25) is 0 Å². The van der Waals surface area contributed by atoms with Crippen LogP contribution in [0.5, 0.6) is 5.75 Å². The first-order valence-corrected chi connectivity index (χ1v) is 13.8. The average Bonchev–Trinajstić information content (AvgIpc) is 3.10. The van der Waals surface area contributed by atoms with Gasteiger partial charge in [0.05, 0.1) is 29.6 Å². The molecule has 0 unspecified atom stereocenters. The third-order valence-electron chi connectivity index (χ3n) is 6.27. The highest BCUT2D eigenvalue weighted by molar-refractivity contribution is 7.96. The Morgan fingerprint density at radius 1 is 1.03 bits per heavy atom. The van der Waals surface area contributed by atoms with Gasteiger partial charge in [-0.2, -0.15) is 0 Å². The molecule has 2 aliphatic heterocycles. The molecule has 2 heterocycles. The van der Waals surface area contributed by atoms with Crippen molar-refractivity contribution in [3.05, 3.63) is 53.8 Å². The molecule has 0 saturated carbocycles. The standard InChI is InChI=1S/C22H27FN2O5S2/c1-16-7-8-20(30-2)21(13-16)32(28,29)22-15-31(26,27)14-19(22)25-11-9-24(10-12-25)18-6-4-3-5-17(18)23/h3-8,13,19,22H,9-12,14-15H2,1-2H3/t19-,22-/m0/s1. The van der Waals surface area contributed by atoms with Crippen molar-refractivity contribution in [1.82, 2.24) is 4.90 Å². The lowest BCUT2D eigenvalue weighted by molar-refractivity contribution is 0.201. The van der Waals surface area contributed by atoms with Crippen molar-refractivity contribution in [3.8, 4) is 5.75 Å². The number of para-hydroxylation sites is 1. The van der Waals surface area contributed by atoms with E-state index in [9.17, 15) is 21.2 Å². The van der Waals surface area contributed by atoms with Gasteiger partial charge in [-0.3, -0.25) is 4.90 Å². The number of rotatable bonds is 5. The van der Waals surface area contributed by atoms with Gasteiger partial charge < -0.3 is 9.64 Å². The fraction of sp³-hybridized carbons (Fsp3) is 0.455. The monoisotopic (exact) mass is 482 g/mol. The highest BCUT2D eigenvalue weighted by Crippen LogP contribution is 2.34. The topological polar surface area (TPSA) is 84.0 Å². The number of methoxy groups -OCH3 is 1. The third-order valence-corrected chi connectivity index (χ3v) is 10.4. The van der Waals surface area contributed by atoms with Crippen molar-refractivity contribution in [2.24, 2.45) is 0 Å². The number of piperazine rings is 1. The highest BCUT2D eigenvalue weighted by atomic mass is 32.2. The molecule has 0 bridgehead atoms. The van der Waals surface area contributed by atoms with E-state index in [-0.39, 0.29) is 22.2 Å². The predicted molar refractivity (Wildman–Crippen MR) is 121 cm³/mol. The molecular weight excluding hydrogens is 455 g/mol. The zero-order valence-corrected chi connectivity index (χ0v) is 19.7. The molecule has 0 aliphatic carbocycles. The van der Waals surface area contributed by atoms with Gasteiger partial charge in [-0.05, 0) is 36.8 Å². The van der Waals surface area contributed by atoms with Crippen LogP contribution in [0, 0.1) is 12.7 Å². The van der Waals surface area contributed by atoms with E-state index in [2.05, 4.69) is 0 Å². The van der Waals surface area contributed by atoms with Gasteiger partial charge in [0.15, 0.2) is 19.7 Å². The molecule has 174 valence electrons. The van der Waals surface area contributed by atoms with E-state index in [1.807, 2.05) is 9.80 Å². The first-order chi connectivity index (χ1) is 15.1. The Bertz CT molecular complexity index is 1210. The third kappa shape index (κ3) is 4.35. The molecule has 0 amide bonds. The molecule has 2 fully saturated rings. The Labute approximate surface area is 188 Å². The first kappa shape index (κ1) is 23.0. The highest BCUT2D eigenvalue weighted by Gasteiger charge is 2.49. The number of aryl methyl sites for hydroxylation is 1. The van der Waals surface area contributed by atoms with Gasteiger partial charge in [0, 0.05) is 32.2 Å². The Balaban J connectivity index is 1.60. The van der Waals surface area contributed by atoms with Gasteiger partial charge in [-0.1, -0.05) is 18.2 Å². The van der Waals surface area contributed by atoms with Crippen LogP contribution in [-0.4, -0.2) is 77.8 Å². The lowest BCUT2D eigenvalue weighted by Crippen LogP contribution is -2.55. The maximum absolute atomic E-state index is 14.2. The maximum Gasteiger partial charge on any atom is 0.187 e. The van der Waals surface area contributed by atoms with Crippen molar-refractivity contribution >= 4 is 25.4 Å². The number of nitrogens with zero attached hydrogens (tertiary/aromatic N) is 2. The number of benzene rings is 2. The van der Waals surface area contributed by atoms with Crippen molar-refractivity contribution in [3.63, 3.8) is 0 Å². The van der Waals surface area contributed by atoms with Crippen molar-refractivity contribution in [2.75, 3.05) is 49.7 Å². The summed E-state index contributed by atoms with van der Waals surface area (Å²) in [5.41, 5.74) is 1.25. The second kappa shape index (κ2) is 8.64. The molecule has 0 N–H and O–H groups in total. The number of halogens is 1. The predicted octanol–water partition coefficient (Wildman–Crippen LogP) is 1.90. The summed E-state index contributed by atoms with van der Waals surface area (Å²) >= 11 is 0. The van der Waals surface area contributed by atoms with Gasteiger partial charge in [0.25, 0.3) is 0 Å². The molecule has 10 heteroatoms. The number of sulfone groups is 2. The fourth-order valence-electron chi connectivity index (χ4n) is 4.61. The van der Waals surface area contributed by atoms with Crippen LogP contribution in [0.3, 0.4) is 0 Å². The first-order valence-electron chi connectivity index (χ1n) is 10.4. The zero-order chi connectivity index (χ0) is 23.1. The molecule has 2 aliphatic rings. The number of ether oxygens (including phenoxy) is 1.